The van der Waals surface area contributed by atoms with Crippen LogP contribution in [0.15, 0.2) is 0 Å². The number of nitrogens with zero attached hydrogens (tertiary/aromatic N) is 1. The molecule has 98 valence electrons. The van der Waals surface area contributed by atoms with E-state index in [0.29, 0.717) is 0 Å². The summed E-state index contributed by atoms with van der Waals surface area (Å²) in [6.45, 7) is 4.45. The van der Waals surface area contributed by atoms with E-state index in [4.69, 9.17) is 4.74 Å². The quantitative estimate of drug-likeness (QED) is 0.693. The van der Waals surface area contributed by atoms with E-state index in [9.17, 15) is 4.79 Å². The Bertz CT molecular complexity index is 259. The summed E-state index contributed by atoms with van der Waals surface area (Å²) in [5.41, 5.74) is 0. The summed E-state index contributed by atoms with van der Waals surface area (Å²) in [7, 11) is 1.50. The number of hydrogen-bond donors (Lipinski definition) is 0. The molecule has 3 nitrogen and oxygen atoms in total. The number of esters is 1. The SMILES string of the molecule is COC(=O)[C@H]1CCCN(C2CCC(C)CC2)C1. The van der Waals surface area contributed by atoms with Crippen LogP contribution in [0.2, 0.25) is 0 Å². The van der Waals surface area contributed by atoms with E-state index in [1.807, 2.05) is 0 Å². The average Bonchev–Trinajstić information content (AvgIpc) is 2.39. The number of methoxy groups -OCH3 is 1. The topological polar surface area (TPSA) is 29.5 Å². The molecule has 0 amide bonds. The lowest BCUT2D eigenvalue weighted by Gasteiger charge is -2.40. The summed E-state index contributed by atoms with van der Waals surface area (Å²) < 4.78 is 4.88. The summed E-state index contributed by atoms with van der Waals surface area (Å²) in [5.74, 6) is 0.999. The first-order chi connectivity index (χ1) is 8.20. The van der Waals surface area contributed by atoms with E-state index < -0.39 is 0 Å². The Morgan fingerprint density at radius 3 is 2.53 bits per heavy atom. The van der Waals surface area contributed by atoms with Crippen LogP contribution in [-0.2, 0) is 9.53 Å². The number of carbonyl (C=O) groups excluding carboxylic acids is 1. The fourth-order valence-electron chi connectivity index (χ4n) is 3.30. The predicted molar refractivity (Wildman–Crippen MR) is 67.7 cm³/mol. The Hall–Kier alpha value is -0.570. The molecule has 3 heteroatoms. The second-order valence-electron chi connectivity index (χ2n) is 5.77. The molecule has 1 saturated carbocycles. The highest BCUT2D eigenvalue weighted by atomic mass is 16.5. The van der Waals surface area contributed by atoms with Gasteiger partial charge in [0.15, 0.2) is 0 Å². The molecule has 2 rings (SSSR count). The summed E-state index contributed by atoms with van der Waals surface area (Å²) in [6.07, 6.45) is 7.48. The van der Waals surface area contributed by atoms with E-state index in [2.05, 4.69) is 11.8 Å². The van der Waals surface area contributed by atoms with Crippen LogP contribution in [0.3, 0.4) is 0 Å². The number of hydrogen-bond acceptors (Lipinski definition) is 3. The van der Waals surface area contributed by atoms with Gasteiger partial charge in [0, 0.05) is 12.6 Å². The second-order valence-corrected chi connectivity index (χ2v) is 5.77. The zero-order valence-electron chi connectivity index (χ0n) is 11.2. The van der Waals surface area contributed by atoms with Gasteiger partial charge in [0.25, 0.3) is 0 Å². The van der Waals surface area contributed by atoms with Crippen molar-refractivity contribution < 1.29 is 9.53 Å². The Morgan fingerprint density at radius 2 is 1.88 bits per heavy atom. The fraction of sp³-hybridized carbons (Fsp3) is 0.929. The van der Waals surface area contributed by atoms with Crippen molar-refractivity contribution in [3.63, 3.8) is 0 Å². The monoisotopic (exact) mass is 239 g/mol. The first-order valence-electron chi connectivity index (χ1n) is 7.02. The van der Waals surface area contributed by atoms with Gasteiger partial charge in [-0.2, -0.15) is 0 Å². The van der Waals surface area contributed by atoms with E-state index in [-0.39, 0.29) is 11.9 Å². The number of carbonyl (C=O) groups is 1. The first-order valence-corrected chi connectivity index (χ1v) is 7.02. The van der Waals surface area contributed by atoms with Gasteiger partial charge in [-0.25, -0.2) is 0 Å². The molecule has 1 aliphatic carbocycles. The van der Waals surface area contributed by atoms with E-state index >= 15 is 0 Å². The minimum atomic E-state index is -0.0149. The lowest BCUT2D eigenvalue weighted by Crippen LogP contribution is -2.46. The van der Waals surface area contributed by atoms with Crippen LogP contribution in [0.1, 0.15) is 45.4 Å². The maximum Gasteiger partial charge on any atom is 0.309 e. The molecule has 1 aliphatic heterocycles. The maximum atomic E-state index is 11.6. The van der Waals surface area contributed by atoms with Crippen molar-refractivity contribution in [2.24, 2.45) is 11.8 Å². The van der Waals surface area contributed by atoms with Crippen molar-refractivity contribution in [2.75, 3.05) is 20.2 Å². The summed E-state index contributed by atoms with van der Waals surface area (Å²) in [6, 6.07) is 0.721. The fourth-order valence-corrected chi connectivity index (χ4v) is 3.30. The second kappa shape index (κ2) is 5.85. The van der Waals surface area contributed by atoms with Crippen molar-refractivity contribution in [3.8, 4) is 0 Å². The molecular formula is C14H25NO2. The van der Waals surface area contributed by atoms with Crippen LogP contribution in [0.25, 0.3) is 0 Å². The van der Waals surface area contributed by atoms with Gasteiger partial charge in [0.05, 0.1) is 13.0 Å². The third kappa shape index (κ3) is 3.21. The van der Waals surface area contributed by atoms with Crippen molar-refractivity contribution in [1.29, 1.82) is 0 Å². The third-order valence-electron chi connectivity index (χ3n) is 4.49. The Morgan fingerprint density at radius 1 is 1.18 bits per heavy atom. The molecule has 0 unspecified atom stereocenters. The van der Waals surface area contributed by atoms with Crippen LogP contribution < -0.4 is 0 Å². The summed E-state index contributed by atoms with van der Waals surface area (Å²) in [4.78, 5) is 14.1. The number of ether oxygens (including phenoxy) is 1. The molecule has 2 fully saturated rings. The molecule has 0 aromatic carbocycles. The minimum absolute atomic E-state index is 0.0149. The molecule has 0 N–H and O–H groups in total. The molecule has 0 radical (unpaired) electrons. The van der Waals surface area contributed by atoms with Gasteiger partial charge in [0.1, 0.15) is 0 Å². The summed E-state index contributed by atoms with van der Waals surface area (Å²) in [5, 5.41) is 0. The Kier molecular flexibility index (Phi) is 4.43. The lowest BCUT2D eigenvalue weighted by atomic mass is 9.85. The molecule has 1 heterocycles. The van der Waals surface area contributed by atoms with E-state index in [0.717, 1.165) is 31.3 Å². The van der Waals surface area contributed by atoms with Crippen molar-refractivity contribution >= 4 is 5.97 Å². The van der Waals surface area contributed by atoms with Crippen LogP contribution >= 0.6 is 0 Å². The van der Waals surface area contributed by atoms with Gasteiger partial charge in [-0.15, -0.1) is 0 Å². The molecule has 0 bridgehead atoms. The molecule has 1 saturated heterocycles. The lowest BCUT2D eigenvalue weighted by molar-refractivity contribution is -0.147. The smallest absolute Gasteiger partial charge is 0.309 e. The predicted octanol–water partition coefficient (Wildman–Crippen LogP) is 2.45. The van der Waals surface area contributed by atoms with Crippen LogP contribution in [0, 0.1) is 11.8 Å². The van der Waals surface area contributed by atoms with Crippen LogP contribution in [0.5, 0.6) is 0 Å². The normalized spacial score (nSPS) is 35.5. The largest absolute Gasteiger partial charge is 0.469 e. The summed E-state index contributed by atoms with van der Waals surface area (Å²) >= 11 is 0. The molecule has 0 aromatic heterocycles. The average molecular weight is 239 g/mol. The van der Waals surface area contributed by atoms with E-state index in [1.165, 1.54) is 39.3 Å². The van der Waals surface area contributed by atoms with Gasteiger partial charge >= 0.3 is 5.97 Å². The number of rotatable bonds is 2. The van der Waals surface area contributed by atoms with Gasteiger partial charge < -0.3 is 4.74 Å². The van der Waals surface area contributed by atoms with Crippen molar-refractivity contribution in [3.05, 3.63) is 0 Å². The van der Waals surface area contributed by atoms with Crippen molar-refractivity contribution in [1.82, 2.24) is 4.90 Å². The molecule has 0 spiro atoms. The number of likely N-dealkylation sites (tertiary alicyclic amines) is 1. The minimum Gasteiger partial charge on any atom is -0.469 e. The van der Waals surface area contributed by atoms with Gasteiger partial charge in [-0.1, -0.05) is 6.92 Å². The number of piperidine rings is 1. The highest BCUT2D eigenvalue weighted by molar-refractivity contribution is 5.72. The molecule has 2 aliphatic rings. The molecular weight excluding hydrogens is 214 g/mol. The standard InChI is InChI=1S/C14H25NO2/c1-11-5-7-13(8-6-11)15-9-3-4-12(10-15)14(16)17-2/h11-13H,3-10H2,1-2H3/t11?,12-,13?/m0/s1. The third-order valence-corrected chi connectivity index (χ3v) is 4.49. The Labute approximate surface area is 105 Å². The van der Waals surface area contributed by atoms with Gasteiger partial charge in [0.2, 0.25) is 0 Å². The van der Waals surface area contributed by atoms with Crippen molar-refractivity contribution in [2.45, 2.75) is 51.5 Å². The van der Waals surface area contributed by atoms with E-state index in [1.54, 1.807) is 0 Å². The Balaban J connectivity index is 1.86. The van der Waals surface area contributed by atoms with Crippen LogP contribution in [0.4, 0.5) is 0 Å². The van der Waals surface area contributed by atoms with Gasteiger partial charge in [-0.3, -0.25) is 9.69 Å². The highest BCUT2D eigenvalue weighted by Crippen LogP contribution is 2.30. The molecule has 17 heavy (non-hydrogen) atoms. The van der Waals surface area contributed by atoms with Gasteiger partial charge in [-0.05, 0) is 51.0 Å². The highest BCUT2D eigenvalue weighted by Gasteiger charge is 2.31. The zero-order valence-corrected chi connectivity index (χ0v) is 11.2. The molecule has 1 atom stereocenters. The maximum absolute atomic E-state index is 11.6. The van der Waals surface area contributed by atoms with Crippen LogP contribution in [-0.4, -0.2) is 37.1 Å². The zero-order chi connectivity index (χ0) is 12.3. The molecule has 0 aromatic rings. The first kappa shape index (κ1) is 12.9.